The molecule has 0 spiro atoms. The molecule has 69 heavy (non-hydrogen) atoms. The number of amides is 1. The summed E-state index contributed by atoms with van der Waals surface area (Å²) in [7, 11) is 0. The van der Waals surface area contributed by atoms with Gasteiger partial charge in [-0.1, -0.05) is 361 Å². The monoisotopic (exact) mass is 976 g/mol. The Balaban J connectivity index is 3.39. The molecule has 0 saturated carbocycles. The minimum absolute atomic E-state index is 0.0437. The first-order valence-corrected chi connectivity index (χ1v) is 32.3. The molecule has 5 heteroatoms. The Hall–Kier alpha value is -0.650. The number of nitrogens with one attached hydrogen (secondary N) is 1. The fourth-order valence-corrected chi connectivity index (χ4v) is 10.8. The molecular weight excluding hydrogens is 847 g/mol. The van der Waals surface area contributed by atoms with E-state index in [4.69, 9.17) is 0 Å². The molecule has 0 aromatic heterocycles. The zero-order valence-corrected chi connectivity index (χ0v) is 47.5. The lowest BCUT2D eigenvalue weighted by atomic mass is 10.0. The van der Waals surface area contributed by atoms with E-state index in [0.29, 0.717) is 12.8 Å². The molecule has 0 bridgehead atoms. The van der Waals surface area contributed by atoms with Crippen molar-refractivity contribution < 1.29 is 20.1 Å². The van der Waals surface area contributed by atoms with E-state index < -0.39 is 18.2 Å². The van der Waals surface area contributed by atoms with Crippen molar-refractivity contribution in [1.82, 2.24) is 5.32 Å². The molecule has 0 aliphatic heterocycles. The van der Waals surface area contributed by atoms with Crippen molar-refractivity contribution in [1.29, 1.82) is 0 Å². The highest BCUT2D eigenvalue weighted by atomic mass is 16.3. The van der Waals surface area contributed by atoms with Gasteiger partial charge in [-0.3, -0.25) is 4.79 Å². The van der Waals surface area contributed by atoms with E-state index in [1.54, 1.807) is 0 Å². The van der Waals surface area contributed by atoms with E-state index in [9.17, 15) is 20.1 Å². The molecule has 0 rings (SSSR count). The van der Waals surface area contributed by atoms with Crippen LogP contribution in [0.5, 0.6) is 0 Å². The van der Waals surface area contributed by atoms with Gasteiger partial charge in [-0.25, -0.2) is 0 Å². The summed E-state index contributed by atoms with van der Waals surface area (Å²) in [5.41, 5.74) is 0. The Labute approximate surface area is 434 Å². The summed E-state index contributed by atoms with van der Waals surface area (Å²) in [4.78, 5) is 12.6. The van der Waals surface area contributed by atoms with Gasteiger partial charge in [0, 0.05) is 0 Å². The summed E-state index contributed by atoms with van der Waals surface area (Å²) >= 11 is 0. The lowest BCUT2D eigenvalue weighted by Crippen LogP contribution is -2.46. The Morgan fingerprint density at radius 2 is 0.493 bits per heavy atom. The van der Waals surface area contributed by atoms with Crippen LogP contribution in [0.25, 0.3) is 0 Å². The van der Waals surface area contributed by atoms with E-state index in [1.807, 2.05) is 0 Å². The van der Waals surface area contributed by atoms with Crippen LogP contribution in [0.4, 0.5) is 0 Å². The number of aliphatic hydroxyl groups excluding tert-OH is 3. The van der Waals surface area contributed by atoms with Crippen LogP contribution in [0.1, 0.15) is 380 Å². The summed E-state index contributed by atoms with van der Waals surface area (Å²) in [6.07, 6.45) is 74.5. The summed E-state index contributed by atoms with van der Waals surface area (Å²) < 4.78 is 0. The molecule has 0 aromatic rings. The summed E-state index contributed by atoms with van der Waals surface area (Å²) in [5, 5.41) is 33.7. The first kappa shape index (κ1) is 68.4. The number of carbonyl (C=O) groups excluding carboxylic acids is 1. The highest BCUT2D eigenvalue weighted by Gasteiger charge is 2.21. The normalized spacial score (nSPS) is 13.1. The fourth-order valence-electron chi connectivity index (χ4n) is 10.8. The molecule has 3 atom stereocenters. The molecule has 0 aromatic carbocycles. The van der Waals surface area contributed by atoms with Crippen molar-refractivity contribution in [3.05, 3.63) is 0 Å². The van der Waals surface area contributed by atoms with Gasteiger partial charge in [0.25, 0.3) is 0 Å². The zero-order chi connectivity index (χ0) is 50.0. The summed E-state index contributed by atoms with van der Waals surface area (Å²) in [6.45, 7) is 4.31. The van der Waals surface area contributed by atoms with Crippen LogP contribution in [-0.4, -0.2) is 46.1 Å². The SMILES string of the molecule is CCCCCCCCCCCCCCCCCCCCCCCCCCCCCCCCCCCCCCCC(O)CC(=O)NC(CO)C(O)CCCCCCCCCCCCCCCCCCC. The molecule has 0 fully saturated rings. The summed E-state index contributed by atoms with van der Waals surface area (Å²) in [6, 6.07) is -0.654. The van der Waals surface area contributed by atoms with Crippen molar-refractivity contribution in [2.24, 2.45) is 0 Å². The second-order valence-corrected chi connectivity index (χ2v) is 22.7. The predicted octanol–water partition coefficient (Wildman–Crippen LogP) is 20.5. The van der Waals surface area contributed by atoms with Gasteiger partial charge >= 0.3 is 0 Å². The average Bonchev–Trinajstić information content (AvgIpc) is 3.35. The predicted molar refractivity (Wildman–Crippen MR) is 306 cm³/mol. The highest BCUT2D eigenvalue weighted by molar-refractivity contribution is 5.76. The zero-order valence-electron chi connectivity index (χ0n) is 47.5. The van der Waals surface area contributed by atoms with Gasteiger partial charge in [0.2, 0.25) is 5.91 Å². The van der Waals surface area contributed by atoms with Crippen LogP contribution >= 0.6 is 0 Å². The van der Waals surface area contributed by atoms with Gasteiger partial charge < -0.3 is 20.6 Å². The molecule has 414 valence electrons. The molecule has 0 aliphatic carbocycles. The smallest absolute Gasteiger partial charge is 0.222 e. The van der Waals surface area contributed by atoms with Crippen LogP contribution in [-0.2, 0) is 4.79 Å². The van der Waals surface area contributed by atoms with Crippen LogP contribution in [0, 0.1) is 0 Å². The van der Waals surface area contributed by atoms with Gasteiger partial charge in [-0.05, 0) is 12.8 Å². The number of unbranched alkanes of at least 4 members (excludes halogenated alkanes) is 52. The molecular formula is C64H129NO4. The standard InChI is InChI=1S/C64H129NO4/c1-3-5-7-9-11-13-15-17-19-21-22-23-24-25-26-27-28-29-30-31-32-33-34-35-36-37-38-39-40-42-43-45-47-49-51-53-55-57-61(67)59-64(69)65-62(60-66)63(68)58-56-54-52-50-48-46-44-41-20-18-16-14-12-10-8-6-4-2/h61-63,66-68H,3-60H2,1-2H3,(H,65,69). The third-order valence-corrected chi connectivity index (χ3v) is 15.7. The molecule has 0 saturated heterocycles. The maximum atomic E-state index is 12.6. The van der Waals surface area contributed by atoms with Gasteiger partial charge in [0.1, 0.15) is 0 Å². The van der Waals surface area contributed by atoms with Crippen LogP contribution < -0.4 is 5.32 Å². The number of carbonyl (C=O) groups is 1. The Bertz CT molecular complexity index is 944. The molecule has 3 unspecified atom stereocenters. The maximum absolute atomic E-state index is 12.6. The van der Waals surface area contributed by atoms with Crippen molar-refractivity contribution in [3.63, 3.8) is 0 Å². The lowest BCUT2D eigenvalue weighted by molar-refractivity contribution is -0.125. The first-order valence-electron chi connectivity index (χ1n) is 32.3. The van der Waals surface area contributed by atoms with Crippen LogP contribution in [0.3, 0.4) is 0 Å². The number of aliphatic hydroxyl groups is 3. The van der Waals surface area contributed by atoms with Crippen molar-refractivity contribution >= 4 is 5.91 Å². The van der Waals surface area contributed by atoms with Crippen LogP contribution in [0.2, 0.25) is 0 Å². The van der Waals surface area contributed by atoms with Gasteiger partial charge in [0.15, 0.2) is 0 Å². The Kier molecular flexibility index (Phi) is 59.3. The van der Waals surface area contributed by atoms with Crippen molar-refractivity contribution in [2.75, 3.05) is 6.61 Å². The van der Waals surface area contributed by atoms with Crippen LogP contribution in [0.15, 0.2) is 0 Å². The average molecular weight is 977 g/mol. The second kappa shape index (κ2) is 59.9. The number of rotatable bonds is 61. The summed E-state index contributed by atoms with van der Waals surface area (Å²) in [5.74, 6) is -0.274. The number of hydrogen-bond acceptors (Lipinski definition) is 4. The number of hydrogen-bond donors (Lipinski definition) is 4. The van der Waals surface area contributed by atoms with E-state index >= 15 is 0 Å². The van der Waals surface area contributed by atoms with E-state index in [0.717, 1.165) is 25.7 Å². The topological polar surface area (TPSA) is 89.8 Å². The quantitative estimate of drug-likeness (QED) is 0.0457. The molecule has 0 heterocycles. The second-order valence-electron chi connectivity index (χ2n) is 22.7. The molecule has 0 radical (unpaired) electrons. The third-order valence-electron chi connectivity index (χ3n) is 15.7. The highest BCUT2D eigenvalue weighted by Crippen LogP contribution is 2.20. The third kappa shape index (κ3) is 56.5. The van der Waals surface area contributed by atoms with Gasteiger partial charge in [-0.2, -0.15) is 0 Å². The van der Waals surface area contributed by atoms with E-state index in [2.05, 4.69) is 19.2 Å². The van der Waals surface area contributed by atoms with E-state index in [1.165, 1.54) is 321 Å². The molecule has 0 aliphatic rings. The van der Waals surface area contributed by atoms with Gasteiger partial charge in [0.05, 0.1) is 31.3 Å². The van der Waals surface area contributed by atoms with Gasteiger partial charge in [-0.15, -0.1) is 0 Å². The minimum atomic E-state index is -0.745. The maximum Gasteiger partial charge on any atom is 0.222 e. The molecule has 4 N–H and O–H groups in total. The first-order chi connectivity index (χ1) is 34.0. The molecule has 5 nitrogen and oxygen atoms in total. The van der Waals surface area contributed by atoms with E-state index in [-0.39, 0.29) is 18.9 Å². The largest absolute Gasteiger partial charge is 0.394 e. The fraction of sp³-hybridized carbons (Fsp3) is 0.984. The Morgan fingerprint density at radius 3 is 0.696 bits per heavy atom. The lowest BCUT2D eigenvalue weighted by Gasteiger charge is -2.23. The Morgan fingerprint density at radius 1 is 0.304 bits per heavy atom. The van der Waals surface area contributed by atoms with Crippen molar-refractivity contribution in [2.45, 2.75) is 398 Å². The minimum Gasteiger partial charge on any atom is -0.394 e. The van der Waals surface area contributed by atoms with Crippen molar-refractivity contribution in [3.8, 4) is 0 Å². The molecule has 1 amide bonds.